The van der Waals surface area contributed by atoms with Crippen LogP contribution in [-0.4, -0.2) is 45.5 Å². The van der Waals surface area contributed by atoms with Crippen LogP contribution in [-0.2, 0) is 11.2 Å². The van der Waals surface area contributed by atoms with Crippen LogP contribution in [0.1, 0.15) is 26.0 Å². The number of methoxy groups -OCH3 is 1. The zero-order valence-electron chi connectivity index (χ0n) is 22.1. The summed E-state index contributed by atoms with van der Waals surface area (Å²) in [6.45, 7) is 4.33. The van der Waals surface area contributed by atoms with Crippen LogP contribution in [0.5, 0.6) is 5.75 Å². The maximum atomic E-state index is 13.9. The number of anilines is 3. The van der Waals surface area contributed by atoms with Crippen molar-refractivity contribution in [3.8, 4) is 5.75 Å². The second-order valence-corrected chi connectivity index (χ2v) is 10.5. The maximum Gasteiger partial charge on any atom is 0.246 e. The van der Waals surface area contributed by atoms with Crippen molar-refractivity contribution in [3.63, 3.8) is 0 Å². The number of hydrogen-bond donors (Lipinski definition) is 3. The third kappa shape index (κ3) is 8.01. The van der Waals surface area contributed by atoms with Crippen molar-refractivity contribution < 1.29 is 13.9 Å². The molecule has 39 heavy (non-hydrogen) atoms. The average molecular weight is 550 g/mol. The number of aromatic nitrogens is 4. The van der Waals surface area contributed by atoms with Crippen molar-refractivity contribution in [3.05, 3.63) is 78.6 Å². The quantitative estimate of drug-likeness (QED) is 0.206. The van der Waals surface area contributed by atoms with Crippen LogP contribution >= 0.6 is 11.8 Å². The van der Waals surface area contributed by atoms with E-state index in [0.717, 1.165) is 16.3 Å². The number of carbonyl (C=O) groups excluding carboxylic acids is 1. The van der Waals surface area contributed by atoms with Gasteiger partial charge in [0.1, 0.15) is 22.4 Å². The molecule has 0 aliphatic carbocycles. The third-order valence-electron chi connectivity index (χ3n) is 5.78. The lowest BCUT2D eigenvalue weighted by molar-refractivity contribution is -0.120. The number of aromatic amines is 1. The number of amides is 1. The predicted octanol–water partition coefficient (Wildman–Crippen LogP) is 5.19. The van der Waals surface area contributed by atoms with E-state index in [1.54, 1.807) is 37.8 Å². The van der Waals surface area contributed by atoms with E-state index in [2.05, 4.69) is 20.3 Å². The Morgan fingerprint density at radius 1 is 1.18 bits per heavy atom. The van der Waals surface area contributed by atoms with E-state index in [9.17, 15) is 9.18 Å². The fourth-order valence-corrected chi connectivity index (χ4v) is 4.71. The lowest BCUT2D eigenvalue weighted by Gasteiger charge is -2.25. The van der Waals surface area contributed by atoms with Crippen LogP contribution in [0.3, 0.4) is 0 Å². The van der Waals surface area contributed by atoms with Gasteiger partial charge in [0.2, 0.25) is 11.9 Å². The van der Waals surface area contributed by atoms with Gasteiger partial charge in [-0.2, -0.15) is 4.98 Å². The average Bonchev–Trinajstić information content (AvgIpc) is 3.42. The van der Waals surface area contributed by atoms with Gasteiger partial charge in [-0.05, 0) is 54.8 Å². The molecule has 9 nitrogen and oxygen atoms in total. The minimum atomic E-state index is -0.715. The van der Waals surface area contributed by atoms with E-state index in [0.29, 0.717) is 35.9 Å². The number of nitrogens with zero attached hydrogens (tertiary/aromatic N) is 4. The van der Waals surface area contributed by atoms with E-state index in [-0.39, 0.29) is 23.6 Å². The van der Waals surface area contributed by atoms with Crippen LogP contribution in [0.25, 0.3) is 0 Å². The maximum absolute atomic E-state index is 13.9. The van der Waals surface area contributed by atoms with Gasteiger partial charge in [0.05, 0.1) is 19.5 Å². The highest BCUT2D eigenvalue weighted by molar-refractivity contribution is 7.99. The van der Waals surface area contributed by atoms with Crippen LogP contribution in [0, 0.1) is 11.7 Å². The number of nitrogens with two attached hydrogens (primary N) is 1. The molecular weight excluding hydrogens is 517 g/mol. The third-order valence-corrected chi connectivity index (χ3v) is 6.71. The molecule has 4 aromatic rings. The first-order valence-electron chi connectivity index (χ1n) is 12.6. The molecule has 0 saturated heterocycles. The lowest BCUT2D eigenvalue weighted by atomic mass is 10.0. The van der Waals surface area contributed by atoms with Gasteiger partial charge in [0.15, 0.2) is 0 Å². The van der Waals surface area contributed by atoms with Gasteiger partial charge < -0.3 is 20.8 Å². The Balaban J connectivity index is 1.71. The summed E-state index contributed by atoms with van der Waals surface area (Å²) < 4.78 is 19.1. The van der Waals surface area contributed by atoms with Crippen molar-refractivity contribution in [2.75, 3.05) is 23.9 Å². The van der Waals surface area contributed by atoms with E-state index < -0.39 is 6.04 Å². The number of carbonyl (C=O) groups is 1. The van der Waals surface area contributed by atoms with Gasteiger partial charge >= 0.3 is 0 Å². The monoisotopic (exact) mass is 549 g/mol. The molecule has 2 heterocycles. The molecule has 0 aliphatic heterocycles. The normalized spacial score (nSPS) is 11.8. The molecule has 204 valence electrons. The van der Waals surface area contributed by atoms with Crippen LogP contribution < -0.4 is 20.7 Å². The topological polar surface area (TPSA) is 122 Å². The summed E-state index contributed by atoms with van der Waals surface area (Å²) in [6.07, 6.45) is 4.33. The van der Waals surface area contributed by atoms with Crippen molar-refractivity contribution in [1.29, 1.82) is 0 Å². The molecule has 1 amide bonds. The lowest BCUT2D eigenvalue weighted by Crippen LogP contribution is -2.46. The summed E-state index contributed by atoms with van der Waals surface area (Å²) >= 11 is 1.41. The zero-order valence-corrected chi connectivity index (χ0v) is 22.9. The van der Waals surface area contributed by atoms with E-state index in [4.69, 9.17) is 15.5 Å². The van der Waals surface area contributed by atoms with Gasteiger partial charge in [-0.3, -0.25) is 9.69 Å². The molecule has 2 aromatic heterocycles. The molecule has 2 aromatic carbocycles. The molecule has 4 N–H and O–H groups in total. The Bertz CT molecular complexity index is 1370. The molecule has 0 spiro atoms. The highest BCUT2D eigenvalue weighted by Crippen LogP contribution is 2.31. The second-order valence-electron chi connectivity index (χ2n) is 9.36. The molecule has 0 unspecified atom stereocenters. The number of ether oxygens (including phenoxy) is 1. The van der Waals surface area contributed by atoms with Crippen LogP contribution in [0.4, 0.5) is 21.8 Å². The van der Waals surface area contributed by atoms with Crippen LogP contribution in [0.2, 0.25) is 0 Å². The van der Waals surface area contributed by atoms with E-state index in [1.807, 2.05) is 38.1 Å². The number of H-pyrrole nitrogens is 1. The minimum absolute atomic E-state index is 0.205. The van der Waals surface area contributed by atoms with Crippen molar-refractivity contribution in [2.24, 2.45) is 11.7 Å². The molecule has 0 aliphatic rings. The van der Waals surface area contributed by atoms with Gasteiger partial charge in [0.25, 0.3) is 0 Å². The summed E-state index contributed by atoms with van der Waals surface area (Å²) in [5, 5.41) is 3.74. The fourth-order valence-electron chi connectivity index (χ4n) is 3.90. The molecule has 0 saturated carbocycles. The van der Waals surface area contributed by atoms with Gasteiger partial charge in [-0.25, -0.2) is 14.4 Å². The number of imidazole rings is 1. The summed E-state index contributed by atoms with van der Waals surface area (Å²) in [6, 6.07) is 14.7. The highest BCUT2D eigenvalue weighted by atomic mass is 32.2. The number of benzene rings is 2. The largest absolute Gasteiger partial charge is 0.497 e. The van der Waals surface area contributed by atoms with Crippen molar-refractivity contribution in [2.45, 2.75) is 42.7 Å². The molecule has 11 heteroatoms. The standard InChI is InChI=1S/C28H32FN7O2S/c1-18(2)13-24(30)27(37)36(12-11-21-16-31-17-32-21)28-34-25(33-20-6-4-5-19(29)14-20)15-26(35-28)39-23-9-7-22(38-3)8-10-23/h4-10,14-18,24H,11-13,30H2,1-3H3,(H,31,32)(H,33,34,35)/t24-/m0/s1. The number of rotatable bonds is 12. The first-order valence-corrected chi connectivity index (χ1v) is 13.4. The molecule has 0 radical (unpaired) electrons. The second kappa shape index (κ2) is 13.2. The molecule has 1 atom stereocenters. The smallest absolute Gasteiger partial charge is 0.246 e. The number of nitrogens with one attached hydrogen (secondary N) is 2. The van der Waals surface area contributed by atoms with Gasteiger partial charge in [0, 0.05) is 41.5 Å². The Morgan fingerprint density at radius 3 is 2.64 bits per heavy atom. The Kier molecular flexibility index (Phi) is 9.50. The summed E-state index contributed by atoms with van der Waals surface area (Å²) in [4.78, 5) is 32.6. The van der Waals surface area contributed by atoms with Gasteiger partial charge in [-0.15, -0.1) is 0 Å². The highest BCUT2D eigenvalue weighted by Gasteiger charge is 2.26. The predicted molar refractivity (Wildman–Crippen MR) is 151 cm³/mol. The molecule has 0 bridgehead atoms. The van der Waals surface area contributed by atoms with E-state index in [1.165, 1.54) is 28.8 Å². The zero-order chi connectivity index (χ0) is 27.8. The first kappa shape index (κ1) is 28.1. The molecular formula is C28H32FN7O2S. The van der Waals surface area contributed by atoms with E-state index >= 15 is 0 Å². The fraction of sp³-hybridized carbons (Fsp3) is 0.286. The SMILES string of the molecule is COc1ccc(Sc2cc(Nc3cccc(F)c3)nc(N(CCc3cnc[nH]3)C(=O)[C@@H](N)CC(C)C)n2)cc1. The summed E-state index contributed by atoms with van der Waals surface area (Å²) in [5.41, 5.74) is 7.72. The van der Waals surface area contributed by atoms with Crippen molar-refractivity contribution >= 4 is 35.1 Å². The Morgan fingerprint density at radius 2 is 1.97 bits per heavy atom. The van der Waals surface area contributed by atoms with Crippen LogP contribution in [0.15, 0.2) is 77.0 Å². The summed E-state index contributed by atoms with van der Waals surface area (Å²) in [5.74, 6) is 0.951. The Hall–Kier alpha value is -3.96. The van der Waals surface area contributed by atoms with Gasteiger partial charge in [-0.1, -0.05) is 31.7 Å². The summed E-state index contributed by atoms with van der Waals surface area (Å²) in [7, 11) is 1.61. The van der Waals surface area contributed by atoms with Crippen molar-refractivity contribution in [1.82, 2.24) is 19.9 Å². The number of hydrogen-bond acceptors (Lipinski definition) is 8. The Labute approximate surface area is 231 Å². The first-order chi connectivity index (χ1) is 18.8. The molecule has 0 fully saturated rings. The molecule has 4 rings (SSSR count). The minimum Gasteiger partial charge on any atom is -0.497 e. The number of halogens is 1.